The first kappa shape index (κ1) is 12.4. The molecule has 0 aliphatic heterocycles. The number of halogens is 1. The van der Waals surface area contributed by atoms with Crippen LogP contribution in [0.3, 0.4) is 0 Å². The first-order valence-electron chi connectivity index (χ1n) is 5.28. The van der Waals surface area contributed by atoms with Gasteiger partial charge < -0.3 is 9.26 Å². The summed E-state index contributed by atoms with van der Waals surface area (Å²) in [6.45, 7) is -0.00230. The van der Waals surface area contributed by atoms with Gasteiger partial charge in [0.1, 0.15) is 12.4 Å². The fraction of sp³-hybridized carbons (Fsp3) is 0.250. The summed E-state index contributed by atoms with van der Waals surface area (Å²) in [4.78, 5) is 15.3. The van der Waals surface area contributed by atoms with Gasteiger partial charge >= 0.3 is 0 Å². The van der Waals surface area contributed by atoms with Gasteiger partial charge in [-0.15, -0.1) is 0 Å². The van der Waals surface area contributed by atoms with Crippen molar-refractivity contribution in [3.63, 3.8) is 0 Å². The Labute approximate surface area is 103 Å². The molecule has 1 aromatic carbocycles. The molecule has 1 heterocycles. The van der Waals surface area contributed by atoms with Gasteiger partial charge in [-0.2, -0.15) is 4.98 Å². The molecule has 0 radical (unpaired) electrons. The number of carbonyl (C=O) groups excluding carboxylic acids is 1. The van der Waals surface area contributed by atoms with Gasteiger partial charge in [-0.1, -0.05) is 17.3 Å². The van der Waals surface area contributed by atoms with Crippen molar-refractivity contribution in [2.45, 2.75) is 6.42 Å². The lowest BCUT2D eigenvalue weighted by Crippen LogP contribution is -2.09. The predicted molar refractivity (Wildman–Crippen MR) is 60.3 cm³/mol. The van der Waals surface area contributed by atoms with E-state index in [0.29, 0.717) is 5.56 Å². The number of methoxy groups -OCH3 is 1. The number of Topliss-reactive ketones (excluding diaryl/α,β-unsaturated/α-hetero) is 1. The Hall–Kier alpha value is -2.08. The van der Waals surface area contributed by atoms with Crippen LogP contribution in [0, 0.1) is 5.82 Å². The molecule has 1 aromatic heterocycles. The number of ketones is 1. The molecule has 0 aliphatic rings. The molecule has 6 heteroatoms. The van der Waals surface area contributed by atoms with E-state index >= 15 is 0 Å². The number of aromatic nitrogens is 2. The lowest BCUT2D eigenvalue weighted by atomic mass is 10.2. The minimum absolute atomic E-state index is 0.00230. The molecule has 18 heavy (non-hydrogen) atoms. The summed E-state index contributed by atoms with van der Waals surface area (Å²) in [5.74, 6) is -0.0905. The zero-order chi connectivity index (χ0) is 13.0. The average molecular weight is 250 g/mol. The van der Waals surface area contributed by atoms with Crippen LogP contribution < -0.4 is 0 Å². The molecule has 0 saturated carbocycles. The highest BCUT2D eigenvalue weighted by Crippen LogP contribution is 2.16. The first-order valence-corrected chi connectivity index (χ1v) is 5.28. The van der Waals surface area contributed by atoms with E-state index in [4.69, 9.17) is 9.26 Å². The van der Waals surface area contributed by atoms with Crippen molar-refractivity contribution in [2.75, 3.05) is 13.7 Å². The van der Waals surface area contributed by atoms with E-state index in [1.54, 1.807) is 12.1 Å². The third-order valence-corrected chi connectivity index (χ3v) is 2.20. The molecule has 94 valence electrons. The maximum Gasteiger partial charge on any atom is 0.234 e. The molecule has 0 unspecified atom stereocenters. The van der Waals surface area contributed by atoms with Crippen molar-refractivity contribution in [3.05, 3.63) is 36.0 Å². The van der Waals surface area contributed by atoms with Crippen LogP contribution in [-0.2, 0) is 16.0 Å². The lowest BCUT2D eigenvalue weighted by molar-refractivity contribution is -0.122. The summed E-state index contributed by atoms with van der Waals surface area (Å²) in [6, 6.07) is 5.84. The Bertz CT molecular complexity index is 554. The standard InChI is InChI=1S/C12H11FN2O3/c1-17-7-10(16)6-11-14-12(15-18-11)8-3-2-4-9(13)5-8/h2-5H,6-7H2,1H3. The monoisotopic (exact) mass is 250 g/mol. The minimum atomic E-state index is -0.380. The summed E-state index contributed by atoms with van der Waals surface area (Å²) >= 11 is 0. The van der Waals surface area contributed by atoms with Gasteiger partial charge in [0.2, 0.25) is 11.7 Å². The summed E-state index contributed by atoms with van der Waals surface area (Å²) in [6.07, 6.45) is 0.0101. The molecular formula is C12H11FN2O3. The lowest BCUT2D eigenvalue weighted by Gasteiger charge is -1.94. The van der Waals surface area contributed by atoms with Crippen molar-refractivity contribution in [3.8, 4) is 11.4 Å². The highest BCUT2D eigenvalue weighted by Gasteiger charge is 2.12. The third kappa shape index (κ3) is 2.98. The number of rotatable bonds is 5. The molecule has 0 fully saturated rings. The van der Waals surface area contributed by atoms with Gasteiger partial charge in [0, 0.05) is 12.7 Å². The maximum absolute atomic E-state index is 13.0. The molecule has 0 amide bonds. The number of carbonyl (C=O) groups is 1. The smallest absolute Gasteiger partial charge is 0.234 e. The fourth-order valence-electron chi connectivity index (χ4n) is 1.45. The predicted octanol–water partition coefficient (Wildman–Crippen LogP) is 1.63. The van der Waals surface area contributed by atoms with Crippen LogP contribution in [0.1, 0.15) is 5.89 Å². The van der Waals surface area contributed by atoms with Crippen LogP contribution >= 0.6 is 0 Å². The highest BCUT2D eigenvalue weighted by molar-refractivity contribution is 5.81. The van der Waals surface area contributed by atoms with Crippen LogP contribution in [0.2, 0.25) is 0 Å². The van der Waals surface area contributed by atoms with E-state index in [2.05, 4.69) is 10.1 Å². The number of hydrogen-bond donors (Lipinski definition) is 0. The van der Waals surface area contributed by atoms with Crippen molar-refractivity contribution >= 4 is 5.78 Å². The Balaban J connectivity index is 2.13. The van der Waals surface area contributed by atoms with E-state index in [0.717, 1.165) is 0 Å². The van der Waals surface area contributed by atoms with Crippen LogP contribution in [0.4, 0.5) is 4.39 Å². The van der Waals surface area contributed by atoms with Gasteiger partial charge in [-0.3, -0.25) is 4.79 Å². The summed E-state index contributed by atoms with van der Waals surface area (Å²) in [5, 5.41) is 3.69. The van der Waals surface area contributed by atoms with E-state index < -0.39 is 0 Å². The quantitative estimate of drug-likeness (QED) is 0.807. The second-order valence-corrected chi connectivity index (χ2v) is 3.67. The summed E-state index contributed by atoms with van der Waals surface area (Å²) < 4.78 is 22.6. The molecule has 2 rings (SSSR count). The Morgan fingerprint density at radius 3 is 3.06 bits per heavy atom. The van der Waals surface area contributed by atoms with Crippen molar-refractivity contribution in [1.29, 1.82) is 0 Å². The number of ether oxygens (including phenoxy) is 1. The number of nitrogens with zero attached hydrogens (tertiary/aromatic N) is 2. The van der Waals surface area contributed by atoms with Gasteiger partial charge in [0.25, 0.3) is 0 Å². The number of hydrogen-bond acceptors (Lipinski definition) is 5. The van der Waals surface area contributed by atoms with E-state index in [9.17, 15) is 9.18 Å². The van der Waals surface area contributed by atoms with Gasteiger partial charge in [-0.25, -0.2) is 4.39 Å². The van der Waals surface area contributed by atoms with E-state index in [1.165, 1.54) is 19.2 Å². The SMILES string of the molecule is COCC(=O)Cc1nc(-c2cccc(F)c2)no1. The molecular weight excluding hydrogens is 239 g/mol. The molecule has 0 aliphatic carbocycles. The Morgan fingerprint density at radius 2 is 2.33 bits per heavy atom. The second-order valence-electron chi connectivity index (χ2n) is 3.67. The van der Waals surface area contributed by atoms with Crippen LogP contribution in [0.25, 0.3) is 11.4 Å². The molecule has 0 spiro atoms. The molecule has 0 bridgehead atoms. The number of benzene rings is 1. The highest BCUT2D eigenvalue weighted by atomic mass is 19.1. The largest absolute Gasteiger partial charge is 0.377 e. The zero-order valence-corrected chi connectivity index (χ0v) is 9.72. The van der Waals surface area contributed by atoms with Crippen molar-refractivity contribution < 1.29 is 18.4 Å². The topological polar surface area (TPSA) is 65.2 Å². The Morgan fingerprint density at radius 1 is 1.50 bits per heavy atom. The summed E-state index contributed by atoms with van der Waals surface area (Å²) in [7, 11) is 1.43. The maximum atomic E-state index is 13.0. The molecule has 0 saturated heterocycles. The summed E-state index contributed by atoms with van der Waals surface area (Å²) in [5.41, 5.74) is 0.504. The van der Waals surface area contributed by atoms with Gasteiger partial charge in [0.15, 0.2) is 5.78 Å². The molecule has 2 aromatic rings. The van der Waals surface area contributed by atoms with Crippen LogP contribution in [0.15, 0.2) is 28.8 Å². The zero-order valence-electron chi connectivity index (χ0n) is 9.72. The van der Waals surface area contributed by atoms with E-state index in [-0.39, 0.29) is 36.3 Å². The Kier molecular flexibility index (Phi) is 3.78. The van der Waals surface area contributed by atoms with Crippen molar-refractivity contribution in [1.82, 2.24) is 10.1 Å². The van der Waals surface area contributed by atoms with Gasteiger partial charge in [-0.05, 0) is 12.1 Å². The van der Waals surface area contributed by atoms with Crippen molar-refractivity contribution in [2.24, 2.45) is 0 Å². The normalized spacial score (nSPS) is 10.6. The average Bonchev–Trinajstić information content (AvgIpc) is 2.78. The minimum Gasteiger partial charge on any atom is -0.377 e. The van der Waals surface area contributed by atoms with Crippen LogP contribution in [-0.4, -0.2) is 29.6 Å². The third-order valence-electron chi connectivity index (χ3n) is 2.20. The molecule has 5 nitrogen and oxygen atoms in total. The fourth-order valence-corrected chi connectivity index (χ4v) is 1.45. The first-order chi connectivity index (χ1) is 8.69. The molecule has 0 atom stereocenters. The van der Waals surface area contributed by atoms with Crippen LogP contribution in [0.5, 0.6) is 0 Å². The molecule has 0 N–H and O–H groups in total. The second kappa shape index (κ2) is 5.50. The van der Waals surface area contributed by atoms with Gasteiger partial charge in [0.05, 0.1) is 6.42 Å². The van der Waals surface area contributed by atoms with E-state index in [1.807, 2.05) is 0 Å².